The van der Waals surface area contributed by atoms with Gasteiger partial charge in [-0.1, -0.05) is 63.2 Å². The third-order valence-electron chi connectivity index (χ3n) is 6.80. The molecule has 0 radical (unpaired) electrons. The Morgan fingerprint density at radius 2 is 1.70 bits per heavy atom. The van der Waals surface area contributed by atoms with E-state index in [0.717, 1.165) is 16.8 Å². The molecule has 1 aromatic heterocycles. The Morgan fingerprint density at radius 1 is 1.08 bits per heavy atom. The predicted molar refractivity (Wildman–Crippen MR) is 143 cm³/mol. The maximum absolute atomic E-state index is 13.9. The summed E-state index contributed by atoms with van der Waals surface area (Å²) in [6.45, 7) is 7.18. The number of aliphatic hydroxyl groups is 1. The minimum absolute atomic E-state index is 0.0114. The number of nitrogens with zero attached hydrogens (tertiary/aromatic N) is 1. The van der Waals surface area contributed by atoms with Crippen molar-refractivity contribution in [3.05, 3.63) is 77.7 Å². The highest BCUT2D eigenvalue weighted by atomic mass is 31.1. The Hall–Kier alpha value is -2.99. The van der Waals surface area contributed by atoms with Gasteiger partial charge < -0.3 is 10.2 Å². The fraction of sp³-hybridized carbons (Fsp3) is 0.379. The van der Waals surface area contributed by atoms with E-state index in [9.17, 15) is 24.0 Å². The molecule has 6 nitrogen and oxygen atoms in total. The molecule has 0 amide bonds. The molecule has 0 spiro atoms. The first-order valence-electron chi connectivity index (χ1n) is 12.3. The van der Waals surface area contributed by atoms with Gasteiger partial charge in [-0.2, -0.15) is 0 Å². The highest BCUT2D eigenvalue weighted by Crippen LogP contribution is 2.55. The van der Waals surface area contributed by atoms with Gasteiger partial charge in [0.15, 0.2) is 0 Å². The Morgan fingerprint density at radius 3 is 2.19 bits per heavy atom. The molecular weight excluding hydrogens is 492 g/mol. The van der Waals surface area contributed by atoms with Crippen LogP contribution in [0.15, 0.2) is 60.8 Å². The highest BCUT2D eigenvalue weighted by Gasteiger charge is 2.68. The molecule has 0 aliphatic heterocycles. The summed E-state index contributed by atoms with van der Waals surface area (Å²) in [6.07, 6.45) is 0.965. The van der Waals surface area contributed by atoms with E-state index in [0.29, 0.717) is 29.5 Å². The van der Waals surface area contributed by atoms with Crippen LogP contribution in [-0.2, 0) is 20.3 Å². The van der Waals surface area contributed by atoms with Gasteiger partial charge in [-0.05, 0) is 64.6 Å². The van der Waals surface area contributed by atoms with Crippen molar-refractivity contribution in [2.75, 3.05) is 7.11 Å². The van der Waals surface area contributed by atoms with Gasteiger partial charge in [-0.3, -0.25) is 4.98 Å². The average Bonchev–Trinajstić information content (AvgIpc) is 2.87. The molecule has 0 fully saturated rings. The van der Waals surface area contributed by atoms with Crippen molar-refractivity contribution in [3.63, 3.8) is 0 Å². The Balaban J connectivity index is 2.48. The summed E-state index contributed by atoms with van der Waals surface area (Å²) < 4.78 is 32.4. The number of aliphatic hydroxyl groups excluding tert-OH is 1. The van der Waals surface area contributed by atoms with Gasteiger partial charge in [0, 0.05) is 11.8 Å². The number of carboxylic acid groups (broad SMARTS) is 1. The van der Waals surface area contributed by atoms with Gasteiger partial charge in [0.1, 0.15) is 11.9 Å². The van der Waals surface area contributed by atoms with Crippen molar-refractivity contribution in [1.82, 2.24) is 4.98 Å². The van der Waals surface area contributed by atoms with E-state index >= 15 is 0 Å². The van der Waals surface area contributed by atoms with E-state index in [1.54, 1.807) is 18.3 Å². The van der Waals surface area contributed by atoms with Gasteiger partial charge in [0.25, 0.3) is 0 Å². The van der Waals surface area contributed by atoms with Gasteiger partial charge in [0.05, 0.1) is 18.7 Å². The standard InChI is InChI=1S/C29H33FNO5P/c1-6-23-26(20-12-14-22(30)15-13-20)24(17-31-27(23)21-10-8-7-9-11-21)25(16-18(2)3)29(19(4)32,28(33)34)37(35)36-5/h7-15,17-19,25,32H,6,16H2,1-5H3/p+1. The van der Waals surface area contributed by atoms with E-state index in [1.165, 1.54) is 26.2 Å². The average molecular weight is 527 g/mol. The van der Waals surface area contributed by atoms with Crippen molar-refractivity contribution in [2.45, 2.75) is 57.7 Å². The van der Waals surface area contributed by atoms with Crippen LogP contribution in [0.1, 0.15) is 51.2 Å². The van der Waals surface area contributed by atoms with Crippen molar-refractivity contribution < 1.29 is 28.5 Å². The zero-order valence-electron chi connectivity index (χ0n) is 21.8. The van der Waals surface area contributed by atoms with E-state index in [4.69, 9.17) is 9.51 Å². The molecule has 0 aliphatic carbocycles. The van der Waals surface area contributed by atoms with E-state index < -0.39 is 37.0 Å². The lowest BCUT2D eigenvalue weighted by Crippen LogP contribution is -2.51. The molecule has 0 saturated carbocycles. The molecular formula is C29H34FNO5P+. The van der Waals surface area contributed by atoms with Crippen LogP contribution in [0.3, 0.4) is 0 Å². The summed E-state index contributed by atoms with van der Waals surface area (Å²) in [5, 5.41) is 19.3. The third kappa shape index (κ3) is 5.49. The first kappa shape index (κ1) is 28.6. The molecule has 3 aromatic rings. The van der Waals surface area contributed by atoms with E-state index in [1.807, 2.05) is 51.1 Å². The van der Waals surface area contributed by atoms with Crippen molar-refractivity contribution >= 4 is 14.0 Å². The van der Waals surface area contributed by atoms with Crippen LogP contribution in [-0.4, -0.2) is 39.5 Å². The Kier molecular flexibility index (Phi) is 9.30. The second-order valence-corrected chi connectivity index (χ2v) is 11.2. The Labute approximate surface area is 218 Å². The molecule has 2 N–H and O–H groups in total. The molecule has 8 heteroatoms. The van der Waals surface area contributed by atoms with Crippen LogP contribution in [0.4, 0.5) is 4.39 Å². The summed E-state index contributed by atoms with van der Waals surface area (Å²) >= 11 is 0. The number of carboxylic acids is 1. The SMILES string of the molecule is CCc1c(-c2ccccc2)ncc(C(CC(C)C)C(C(=O)O)(C(C)O)[P+](=O)OC)c1-c1ccc(F)cc1. The van der Waals surface area contributed by atoms with Gasteiger partial charge in [0.2, 0.25) is 0 Å². The predicted octanol–water partition coefficient (Wildman–Crippen LogP) is 6.84. The molecule has 4 unspecified atom stereocenters. The Bertz CT molecular complexity index is 1250. The molecule has 37 heavy (non-hydrogen) atoms. The summed E-state index contributed by atoms with van der Waals surface area (Å²) in [5.41, 5.74) is 4.37. The van der Waals surface area contributed by atoms with Crippen LogP contribution in [0, 0.1) is 11.7 Å². The first-order valence-corrected chi connectivity index (χ1v) is 13.5. The minimum Gasteiger partial charge on any atom is -0.477 e. The molecule has 3 rings (SSSR count). The fourth-order valence-corrected chi connectivity index (χ4v) is 6.39. The van der Waals surface area contributed by atoms with Crippen LogP contribution in [0.2, 0.25) is 0 Å². The fourth-order valence-electron chi connectivity index (χ4n) is 5.12. The maximum Gasteiger partial charge on any atom is 0.529 e. The normalized spacial score (nSPS) is 15.2. The number of benzene rings is 2. The second-order valence-electron chi connectivity index (χ2n) is 9.57. The largest absolute Gasteiger partial charge is 0.529 e. The molecule has 0 bridgehead atoms. The maximum atomic E-state index is 13.9. The summed E-state index contributed by atoms with van der Waals surface area (Å²) in [4.78, 5) is 17.7. The van der Waals surface area contributed by atoms with E-state index in [-0.39, 0.29) is 5.92 Å². The number of halogens is 1. The number of carbonyl (C=O) groups is 1. The van der Waals surface area contributed by atoms with Gasteiger partial charge >= 0.3 is 19.2 Å². The number of rotatable bonds is 11. The summed E-state index contributed by atoms with van der Waals surface area (Å²) in [7, 11) is -1.66. The van der Waals surface area contributed by atoms with Crippen LogP contribution in [0.25, 0.3) is 22.4 Å². The number of pyridine rings is 1. The van der Waals surface area contributed by atoms with Crippen molar-refractivity contribution in [2.24, 2.45) is 5.92 Å². The molecule has 2 aromatic carbocycles. The van der Waals surface area contributed by atoms with Gasteiger partial charge in [-0.15, -0.1) is 4.52 Å². The molecule has 4 atom stereocenters. The zero-order chi connectivity index (χ0) is 27.3. The van der Waals surface area contributed by atoms with E-state index in [2.05, 4.69) is 0 Å². The van der Waals surface area contributed by atoms with Crippen LogP contribution < -0.4 is 0 Å². The topological polar surface area (TPSA) is 96.7 Å². The molecule has 196 valence electrons. The smallest absolute Gasteiger partial charge is 0.477 e. The molecule has 0 saturated heterocycles. The van der Waals surface area contributed by atoms with Crippen LogP contribution in [0.5, 0.6) is 0 Å². The summed E-state index contributed by atoms with van der Waals surface area (Å²) in [6, 6.07) is 15.6. The molecule has 1 heterocycles. The lowest BCUT2D eigenvalue weighted by atomic mass is 9.74. The number of hydrogen-bond donors (Lipinski definition) is 2. The summed E-state index contributed by atoms with van der Waals surface area (Å²) in [5.74, 6) is -2.74. The zero-order valence-corrected chi connectivity index (χ0v) is 22.7. The van der Waals surface area contributed by atoms with Gasteiger partial charge in [-0.25, -0.2) is 9.18 Å². The first-order chi connectivity index (χ1) is 17.6. The van der Waals surface area contributed by atoms with Crippen molar-refractivity contribution in [1.29, 1.82) is 0 Å². The molecule has 0 aliphatic rings. The monoisotopic (exact) mass is 526 g/mol. The van der Waals surface area contributed by atoms with Crippen molar-refractivity contribution in [3.8, 4) is 22.4 Å². The highest BCUT2D eigenvalue weighted by molar-refractivity contribution is 7.42. The van der Waals surface area contributed by atoms with Crippen LogP contribution >= 0.6 is 8.03 Å². The number of aromatic nitrogens is 1. The lowest BCUT2D eigenvalue weighted by molar-refractivity contribution is -0.144. The quantitative estimate of drug-likeness (QED) is 0.266. The third-order valence-corrected chi connectivity index (χ3v) is 8.62. The minimum atomic E-state index is -2.84. The number of aliphatic carboxylic acids is 1. The second kappa shape index (κ2) is 12.0. The number of hydrogen-bond acceptors (Lipinski definition) is 5. The lowest BCUT2D eigenvalue weighted by Gasteiger charge is -2.33.